The summed E-state index contributed by atoms with van der Waals surface area (Å²) in [5.74, 6) is -0.470. The molecule has 130 valence electrons. The molecule has 0 radical (unpaired) electrons. The normalized spacial score (nSPS) is 11.3. The molecule has 0 spiro atoms. The first-order valence-electron chi connectivity index (χ1n) is 6.93. The van der Waals surface area contributed by atoms with Gasteiger partial charge in [0, 0.05) is 0 Å². The van der Waals surface area contributed by atoms with Gasteiger partial charge in [0.15, 0.2) is 4.34 Å². The first-order chi connectivity index (χ1) is 11.2. The number of amides is 1. The van der Waals surface area contributed by atoms with E-state index in [1.165, 1.54) is 23.1 Å². The molecule has 10 heteroatoms. The van der Waals surface area contributed by atoms with E-state index in [0.717, 1.165) is 26.0 Å². The lowest BCUT2D eigenvalue weighted by Crippen LogP contribution is -2.37. The Morgan fingerprint density at radius 3 is 2.54 bits per heavy atom. The third-order valence-electron chi connectivity index (χ3n) is 3.29. The first-order valence-corrected chi connectivity index (χ1v) is 10.8. The highest BCUT2D eigenvalue weighted by Crippen LogP contribution is 2.24. The summed E-state index contributed by atoms with van der Waals surface area (Å²) >= 11 is 2.66. The van der Waals surface area contributed by atoms with Crippen molar-refractivity contribution in [2.45, 2.75) is 18.2 Å². The van der Waals surface area contributed by atoms with Crippen molar-refractivity contribution in [1.29, 1.82) is 0 Å². The van der Waals surface area contributed by atoms with Crippen LogP contribution in [0.1, 0.15) is 11.1 Å². The van der Waals surface area contributed by atoms with Crippen LogP contribution in [0.3, 0.4) is 0 Å². The molecule has 0 bridgehead atoms. The number of carbonyl (C=O) groups is 1. The van der Waals surface area contributed by atoms with Gasteiger partial charge in [-0.2, -0.15) is 0 Å². The van der Waals surface area contributed by atoms with Gasteiger partial charge in [0.1, 0.15) is 6.54 Å². The zero-order valence-corrected chi connectivity index (χ0v) is 16.2. The Labute approximate surface area is 149 Å². The van der Waals surface area contributed by atoms with Gasteiger partial charge in [-0.1, -0.05) is 29.2 Å². The zero-order chi connectivity index (χ0) is 17.9. The molecule has 0 aliphatic heterocycles. The third-order valence-corrected chi connectivity index (χ3v) is 6.25. The molecule has 1 aromatic heterocycles. The molecule has 1 aromatic carbocycles. The van der Waals surface area contributed by atoms with Crippen LogP contribution in [0.4, 0.5) is 10.8 Å². The number of aromatic nitrogens is 2. The summed E-state index contributed by atoms with van der Waals surface area (Å²) in [5.41, 5.74) is 2.46. The van der Waals surface area contributed by atoms with Gasteiger partial charge in [-0.3, -0.25) is 14.4 Å². The van der Waals surface area contributed by atoms with E-state index in [1.54, 1.807) is 12.1 Å². The number of thioether (sulfide) groups is 1. The molecular weight excluding hydrogens is 368 g/mol. The van der Waals surface area contributed by atoms with Crippen molar-refractivity contribution < 1.29 is 13.2 Å². The van der Waals surface area contributed by atoms with Crippen LogP contribution in [-0.2, 0) is 14.8 Å². The molecule has 24 heavy (non-hydrogen) atoms. The van der Waals surface area contributed by atoms with Gasteiger partial charge in [-0.15, -0.1) is 10.2 Å². The highest BCUT2D eigenvalue weighted by molar-refractivity contribution is 8.00. The Hall–Kier alpha value is -1.65. The van der Waals surface area contributed by atoms with Crippen molar-refractivity contribution in [2.75, 3.05) is 28.7 Å². The lowest BCUT2D eigenvalue weighted by Gasteiger charge is -2.22. The smallest absolute Gasteiger partial charge is 0.246 e. The van der Waals surface area contributed by atoms with Crippen LogP contribution in [0.15, 0.2) is 22.5 Å². The van der Waals surface area contributed by atoms with Gasteiger partial charge in [-0.05, 0) is 43.4 Å². The maximum atomic E-state index is 12.2. The van der Waals surface area contributed by atoms with E-state index in [9.17, 15) is 13.2 Å². The van der Waals surface area contributed by atoms with Crippen molar-refractivity contribution >= 4 is 49.8 Å². The predicted molar refractivity (Wildman–Crippen MR) is 98.4 cm³/mol. The standard InChI is InChI=1S/C14H18N4O3S3/c1-9-5-6-11(7-10(9)2)18(24(4,20)21)8-12(19)15-13-16-17-14(22-3)23-13/h5-7H,8H2,1-4H3,(H,15,16,19). The molecule has 0 saturated heterocycles. The average Bonchev–Trinajstić information content (AvgIpc) is 2.94. The molecule has 0 aliphatic rings. The number of carbonyl (C=O) groups excluding carboxylic acids is 1. The summed E-state index contributed by atoms with van der Waals surface area (Å²) in [6.07, 6.45) is 2.93. The van der Waals surface area contributed by atoms with Gasteiger partial charge in [-0.25, -0.2) is 8.42 Å². The highest BCUT2D eigenvalue weighted by atomic mass is 32.2. The van der Waals surface area contributed by atoms with Crippen molar-refractivity contribution in [3.8, 4) is 0 Å². The quantitative estimate of drug-likeness (QED) is 0.605. The van der Waals surface area contributed by atoms with Crippen LogP contribution >= 0.6 is 23.1 Å². The summed E-state index contributed by atoms with van der Waals surface area (Å²) < 4.78 is 26.0. The molecule has 2 aromatic rings. The third kappa shape index (κ3) is 4.68. The molecule has 7 nitrogen and oxygen atoms in total. The van der Waals surface area contributed by atoms with E-state index < -0.39 is 15.9 Å². The van der Waals surface area contributed by atoms with Crippen LogP contribution in [0.2, 0.25) is 0 Å². The van der Waals surface area contributed by atoms with E-state index in [1.807, 2.05) is 26.2 Å². The van der Waals surface area contributed by atoms with Gasteiger partial charge >= 0.3 is 0 Å². The van der Waals surface area contributed by atoms with E-state index in [0.29, 0.717) is 10.8 Å². The van der Waals surface area contributed by atoms with Crippen molar-refractivity contribution in [3.63, 3.8) is 0 Å². The predicted octanol–water partition coefficient (Wildman–Crippen LogP) is 2.28. The Bertz CT molecular complexity index is 849. The fraction of sp³-hybridized carbons (Fsp3) is 0.357. The van der Waals surface area contributed by atoms with Crippen LogP contribution in [0.5, 0.6) is 0 Å². The minimum atomic E-state index is -3.60. The van der Waals surface area contributed by atoms with Gasteiger partial charge in [0.25, 0.3) is 0 Å². The zero-order valence-electron chi connectivity index (χ0n) is 13.7. The first kappa shape index (κ1) is 18.7. The minimum Gasteiger partial charge on any atom is -0.299 e. The number of anilines is 2. The van der Waals surface area contributed by atoms with Crippen molar-refractivity contribution in [2.24, 2.45) is 0 Å². The highest BCUT2D eigenvalue weighted by Gasteiger charge is 2.22. The topological polar surface area (TPSA) is 92.3 Å². The number of nitrogens with one attached hydrogen (secondary N) is 1. The molecular formula is C14H18N4O3S3. The summed E-state index contributed by atoms with van der Waals surface area (Å²) in [7, 11) is -3.60. The van der Waals surface area contributed by atoms with Gasteiger partial charge in [0.2, 0.25) is 21.1 Å². The van der Waals surface area contributed by atoms with Crippen LogP contribution in [0, 0.1) is 13.8 Å². The number of aryl methyl sites for hydroxylation is 2. The molecule has 0 aliphatic carbocycles. The molecule has 0 atom stereocenters. The molecule has 0 unspecified atom stereocenters. The molecule has 1 N–H and O–H groups in total. The Balaban J connectivity index is 2.19. The lowest BCUT2D eigenvalue weighted by atomic mass is 10.1. The lowest BCUT2D eigenvalue weighted by molar-refractivity contribution is -0.114. The minimum absolute atomic E-state index is 0.324. The van der Waals surface area contributed by atoms with Gasteiger partial charge < -0.3 is 0 Å². The number of benzene rings is 1. The fourth-order valence-electron chi connectivity index (χ4n) is 1.91. The van der Waals surface area contributed by atoms with Crippen molar-refractivity contribution in [3.05, 3.63) is 29.3 Å². The monoisotopic (exact) mass is 386 g/mol. The Kier molecular flexibility index (Phi) is 5.83. The maximum Gasteiger partial charge on any atom is 0.246 e. The second-order valence-electron chi connectivity index (χ2n) is 5.16. The van der Waals surface area contributed by atoms with E-state index in [2.05, 4.69) is 15.5 Å². The summed E-state index contributed by atoms with van der Waals surface area (Å²) in [6.45, 7) is 3.51. The number of nitrogens with zero attached hydrogens (tertiary/aromatic N) is 3. The second-order valence-corrected chi connectivity index (χ2v) is 9.10. The Morgan fingerprint density at radius 2 is 2.00 bits per heavy atom. The Morgan fingerprint density at radius 1 is 1.29 bits per heavy atom. The number of sulfonamides is 1. The van der Waals surface area contributed by atoms with E-state index >= 15 is 0 Å². The summed E-state index contributed by atoms with van der Waals surface area (Å²) in [6, 6.07) is 5.27. The SMILES string of the molecule is CSc1nnc(NC(=O)CN(c2ccc(C)c(C)c2)S(C)(=O)=O)s1. The van der Waals surface area contributed by atoms with Crippen LogP contribution < -0.4 is 9.62 Å². The number of hydrogen-bond acceptors (Lipinski definition) is 7. The van der Waals surface area contributed by atoms with Gasteiger partial charge in [0.05, 0.1) is 11.9 Å². The number of hydrogen-bond donors (Lipinski definition) is 1. The van der Waals surface area contributed by atoms with E-state index in [-0.39, 0.29) is 6.54 Å². The van der Waals surface area contributed by atoms with Crippen LogP contribution in [0.25, 0.3) is 0 Å². The maximum absolute atomic E-state index is 12.2. The fourth-order valence-corrected chi connectivity index (χ4v) is 3.95. The molecule has 2 rings (SSSR count). The summed E-state index contributed by atoms with van der Waals surface area (Å²) in [5, 5.41) is 10.6. The molecule has 0 fully saturated rings. The van der Waals surface area contributed by atoms with Crippen molar-refractivity contribution in [1.82, 2.24) is 10.2 Å². The molecule has 1 amide bonds. The second kappa shape index (κ2) is 7.49. The van der Waals surface area contributed by atoms with E-state index in [4.69, 9.17) is 0 Å². The number of rotatable bonds is 6. The molecule has 0 saturated carbocycles. The largest absolute Gasteiger partial charge is 0.299 e. The summed E-state index contributed by atoms with van der Waals surface area (Å²) in [4.78, 5) is 12.2. The molecule has 1 heterocycles. The average molecular weight is 387 g/mol. The van der Waals surface area contributed by atoms with Crippen LogP contribution in [-0.4, -0.2) is 43.6 Å².